The van der Waals surface area contributed by atoms with Crippen molar-refractivity contribution in [3.63, 3.8) is 0 Å². The van der Waals surface area contributed by atoms with Gasteiger partial charge in [0, 0.05) is 12.1 Å². The van der Waals surface area contributed by atoms with E-state index in [0.29, 0.717) is 18.1 Å². The van der Waals surface area contributed by atoms with Crippen LogP contribution in [0.2, 0.25) is 0 Å². The molecule has 122 valence electrons. The average molecular weight is 323 g/mol. The highest BCUT2D eigenvalue weighted by Gasteiger charge is 2.09. The number of hydrogen-bond donors (Lipinski definition) is 1. The normalized spacial score (nSPS) is 10.4. The van der Waals surface area contributed by atoms with Crippen molar-refractivity contribution in [2.75, 3.05) is 7.11 Å². The molecule has 7 nitrogen and oxygen atoms in total. The molecule has 0 fully saturated rings. The minimum absolute atomic E-state index is 0.0177. The summed E-state index contributed by atoms with van der Waals surface area (Å²) in [5, 5.41) is 15.0. The van der Waals surface area contributed by atoms with Crippen LogP contribution in [0, 0.1) is 0 Å². The third-order valence-electron chi connectivity index (χ3n) is 3.40. The zero-order valence-corrected chi connectivity index (χ0v) is 13.2. The van der Waals surface area contributed by atoms with Crippen LogP contribution in [-0.4, -0.2) is 33.2 Å². The zero-order valence-electron chi connectivity index (χ0n) is 13.2. The van der Waals surface area contributed by atoms with Crippen molar-refractivity contribution < 1.29 is 9.53 Å². The van der Waals surface area contributed by atoms with Gasteiger partial charge < -0.3 is 10.1 Å². The van der Waals surface area contributed by atoms with E-state index in [4.69, 9.17) is 4.74 Å². The van der Waals surface area contributed by atoms with Crippen LogP contribution in [0.25, 0.3) is 11.4 Å². The standard InChI is InChI=1S/C17H17N5O2/c1-24-15-9-5-8-14(10-15)17-19-21-22(20-17)12-16(23)18-11-13-6-3-2-4-7-13/h2-10H,11-12H2,1H3,(H,18,23). The summed E-state index contributed by atoms with van der Waals surface area (Å²) in [5.74, 6) is 0.989. The minimum Gasteiger partial charge on any atom is -0.497 e. The summed E-state index contributed by atoms with van der Waals surface area (Å²) in [6.07, 6.45) is 0. The number of hydrogen-bond acceptors (Lipinski definition) is 5. The van der Waals surface area contributed by atoms with Gasteiger partial charge in [-0.25, -0.2) is 0 Å². The lowest BCUT2D eigenvalue weighted by Gasteiger charge is -2.04. The average Bonchev–Trinajstić information content (AvgIpc) is 3.09. The van der Waals surface area contributed by atoms with Crippen molar-refractivity contribution in [3.05, 3.63) is 60.2 Å². The first-order chi connectivity index (χ1) is 11.7. The van der Waals surface area contributed by atoms with E-state index in [0.717, 1.165) is 11.1 Å². The van der Waals surface area contributed by atoms with E-state index in [-0.39, 0.29) is 12.5 Å². The van der Waals surface area contributed by atoms with Gasteiger partial charge in [0.05, 0.1) is 7.11 Å². The van der Waals surface area contributed by atoms with Crippen LogP contribution >= 0.6 is 0 Å². The van der Waals surface area contributed by atoms with Gasteiger partial charge in [0.25, 0.3) is 0 Å². The van der Waals surface area contributed by atoms with Crippen LogP contribution in [0.5, 0.6) is 5.75 Å². The number of methoxy groups -OCH3 is 1. The predicted molar refractivity (Wildman–Crippen MR) is 88.1 cm³/mol. The Kier molecular flexibility index (Phi) is 4.81. The molecule has 3 rings (SSSR count). The fourth-order valence-corrected chi connectivity index (χ4v) is 2.17. The Morgan fingerprint density at radius 3 is 2.79 bits per heavy atom. The molecule has 7 heteroatoms. The summed E-state index contributed by atoms with van der Waals surface area (Å²) in [6, 6.07) is 17.1. The van der Waals surface area contributed by atoms with Crippen molar-refractivity contribution in [2.45, 2.75) is 13.1 Å². The molecule has 0 atom stereocenters. The lowest BCUT2D eigenvalue weighted by atomic mass is 10.2. The maximum atomic E-state index is 12.0. The van der Waals surface area contributed by atoms with E-state index >= 15 is 0 Å². The third-order valence-corrected chi connectivity index (χ3v) is 3.40. The first-order valence-electron chi connectivity index (χ1n) is 7.47. The fraction of sp³-hybridized carbons (Fsp3) is 0.176. The summed E-state index contributed by atoms with van der Waals surface area (Å²) in [5.41, 5.74) is 1.82. The highest BCUT2D eigenvalue weighted by atomic mass is 16.5. The Morgan fingerprint density at radius 2 is 2.00 bits per heavy atom. The monoisotopic (exact) mass is 323 g/mol. The third kappa shape index (κ3) is 3.95. The minimum atomic E-state index is -0.173. The van der Waals surface area contributed by atoms with Crippen molar-refractivity contribution in [1.29, 1.82) is 0 Å². The molecule has 0 saturated heterocycles. The first kappa shape index (κ1) is 15.7. The molecule has 0 radical (unpaired) electrons. The molecule has 0 unspecified atom stereocenters. The summed E-state index contributed by atoms with van der Waals surface area (Å²) in [7, 11) is 1.60. The number of nitrogens with one attached hydrogen (secondary N) is 1. The molecular formula is C17H17N5O2. The highest BCUT2D eigenvalue weighted by molar-refractivity contribution is 5.75. The second-order valence-electron chi connectivity index (χ2n) is 5.14. The number of carbonyl (C=O) groups is 1. The molecule has 0 aliphatic heterocycles. The molecule has 0 aliphatic rings. The number of tetrazole rings is 1. The van der Waals surface area contributed by atoms with E-state index in [9.17, 15) is 4.79 Å². The number of benzene rings is 2. The number of amides is 1. The second kappa shape index (κ2) is 7.36. The molecule has 0 bridgehead atoms. The Bertz CT molecular complexity index is 817. The number of rotatable bonds is 6. The van der Waals surface area contributed by atoms with Gasteiger partial charge in [0.2, 0.25) is 11.7 Å². The molecule has 1 N–H and O–H groups in total. The number of carbonyl (C=O) groups excluding carboxylic acids is 1. The second-order valence-corrected chi connectivity index (χ2v) is 5.14. The lowest BCUT2D eigenvalue weighted by molar-refractivity contribution is -0.122. The zero-order chi connectivity index (χ0) is 16.8. The van der Waals surface area contributed by atoms with Gasteiger partial charge in [-0.1, -0.05) is 42.5 Å². The van der Waals surface area contributed by atoms with E-state index in [1.54, 1.807) is 7.11 Å². The largest absolute Gasteiger partial charge is 0.497 e. The Morgan fingerprint density at radius 1 is 1.17 bits per heavy atom. The molecule has 1 aromatic heterocycles. The lowest BCUT2D eigenvalue weighted by Crippen LogP contribution is -2.28. The van der Waals surface area contributed by atoms with Gasteiger partial charge in [0.1, 0.15) is 12.3 Å². The Labute approximate surface area is 139 Å². The van der Waals surface area contributed by atoms with Crippen LogP contribution in [0.15, 0.2) is 54.6 Å². The van der Waals surface area contributed by atoms with Gasteiger partial charge >= 0.3 is 0 Å². The van der Waals surface area contributed by atoms with Gasteiger partial charge in [-0.2, -0.15) is 4.80 Å². The highest BCUT2D eigenvalue weighted by Crippen LogP contribution is 2.19. The SMILES string of the molecule is COc1cccc(-c2nnn(CC(=O)NCc3ccccc3)n2)c1. The van der Waals surface area contributed by atoms with E-state index in [2.05, 4.69) is 20.7 Å². The quantitative estimate of drug-likeness (QED) is 0.746. The molecule has 3 aromatic rings. The fourth-order valence-electron chi connectivity index (χ4n) is 2.17. The molecule has 0 aliphatic carbocycles. The molecule has 24 heavy (non-hydrogen) atoms. The molecule has 1 amide bonds. The van der Waals surface area contributed by atoms with Gasteiger partial charge in [-0.3, -0.25) is 4.79 Å². The molecule has 0 spiro atoms. The number of ether oxygens (including phenoxy) is 1. The summed E-state index contributed by atoms with van der Waals surface area (Å²) >= 11 is 0. The predicted octanol–water partition coefficient (Wildman–Crippen LogP) is 1.67. The Hall–Kier alpha value is -3.22. The maximum absolute atomic E-state index is 12.0. The van der Waals surface area contributed by atoms with Gasteiger partial charge in [0.15, 0.2) is 0 Å². The van der Waals surface area contributed by atoms with Crippen LogP contribution in [0.4, 0.5) is 0 Å². The summed E-state index contributed by atoms with van der Waals surface area (Å²) in [4.78, 5) is 13.2. The van der Waals surface area contributed by atoms with E-state index in [1.807, 2.05) is 54.6 Å². The molecule has 1 heterocycles. The van der Waals surface area contributed by atoms with E-state index < -0.39 is 0 Å². The molecule has 2 aromatic carbocycles. The maximum Gasteiger partial charge on any atom is 0.243 e. The van der Waals surface area contributed by atoms with Crippen molar-refractivity contribution in [2.24, 2.45) is 0 Å². The first-order valence-corrected chi connectivity index (χ1v) is 7.47. The van der Waals surface area contributed by atoms with Crippen molar-refractivity contribution in [3.8, 4) is 17.1 Å². The van der Waals surface area contributed by atoms with Crippen LogP contribution in [0.3, 0.4) is 0 Å². The van der Waals surface area contributed by atoms with Gasteiger partial charge in [-0.05, 0) is 22.9 Å². The Balaban J connectivity index is 1.60. The van der Waals surface area contributed by atoms with Crippen LogP contribution in [-0.2, 0) is 17.9 Å². The molecule has 0 saturated carbocycles. The smallest absolute Gasteiger partial charge is 0.243 e. The van der Waals surface area contributed by atoms with Crippen molar-refractivity contribution in [1.82, 2.24) is 25.5 Å². The van der Waals surface area contributed by atoms with Crippen LogP contribution in [0.1, 0.15) is 5.56 Å². The molecular weight excluding hydrogens is 306 g/mol. The number of nitrogens with zero attached hydrogens (tertiary/aromatic N) is 4. The topological polar surface area (TPSA) is 81.9 Å². The number of aromatic nitrogens is 4. The van der Waals surface area contributed by atoms with Gasteiger partial charge in [-0.15, -0.1) is 10.2 Å². The summed E-state index contributed by atoms with van der Waals surface area (Å²) < 4.78 is 5.17. The van der Waals surface area contributed by atoms with Crippen molar-refractivity contribution >= 4 is 5.91 Å². The van der Waals surface area contributed by atoms with E-state index in [1.165, 1.54) is 4.80 Å². The summed E-state index contributed by atoms with van der Waals surface area (Å²) in [6.45, 7) is 0.487. The van der Waals surface area contributed by atoms with Crippen LogP contribution < -0.4 is 10.1 Å².